The van der Waals surface area contributed by atoms with Crippen molar-refractivity contribution in [3.05, 3.63) is 0 Å². The second kappa shape index (κ2) is 6.24. The predicted molar refractivity (Wildman–Crippen MR) is 50.4 cm³/mol. The molecule has 0 bridgehead atoms. The SMILES string of the molecule is C#CC(C)NCCCC(C)C. The molecule has 0 saturated carbocycles. The molecule has 0 radical (unpaired) electrons. The maximum Gasteiger partial charge on any atom is 0.0658 e. The van der Waals surface area contributed by atoms with Gasteiger partial charge in [0.25, 0.3) is 0 Å². The highest BCUT2D eigenvalue weighted by atomic mass is 14.9. The Morgan fingerprint density at radius 2 is 2.00 bits per heavy atom. The first-order chi connectivity index (χ1) is 5.16. The van der Waals surface area contributed by atoms with Crippen LogP contribution in [0.4, 0.5) is 0 Å². The van der Waals surface area contributed by atoms with Crippen molar-refractivity contribution in [2.45, 2.75) is 39.7 Å². The third kappa shape index (κ3) is 7.42. The first kappa shape index (κ1) is 10.5. The topological polar surface area (TPSA) is 12.0 Å². The van der Waals surface area contributed by atoms with E-state index in [0.717, 1.165) is 12.5 Å². The Labute approximate surface area is 70.6 Å². The van der Waals surface area contributed by atoms with Gasteiger partial charge >= 0.3 is 0 Å². The fraction of sp³-hybridized carbons (Fsp3) is 0.800. The van der Waals surface area contributed by atoms with Crippen LogP contribution < -0.4 is 5.32 Å². The number of rotatable bonds is 5. The van der Waals surface area contributed by atoms with Crippen molar-refractivity contribution in [3.63, 3.8) is 0 Å². The summed E-state index contributed by atoms with van der Waals surface area (Å²) in [7, 11) is 0. The largest absolute Gasteiger partial charge is 0.304 e. The first-order valence-corrected chi connectivity index (χ1v) is 4.36. The van der Waals surface area contributed by atoms with Crippen LogP contribution >= 0.6 is 0 Å². The lowest BCUT2D eigenvalue weighted by molar-refractivity contribution is 0.519. The second-order valence-corrected chi connectivity index (χ2v) is 3.38. The van der Waals surface area contributed by atoms with Gasteiger partial charge in [-0.1, -0.05) is 19.8 Å². The van der Waals surface area contributed by atoms with Gasteiger partial charge < -0.3 is 5.32 Å². The van der Waals surface area contributed by atoms with E-state index in [4.69, 9.17) is 6.42 Å². The van der Waals surface area contributed by atoms with Crippen LogP contribution in [0.15, 0.2) is 0 Å². The number of terminal acetylenes is 1. The standard InChI is InChI=1S/C10H19N/c1-5-10(4)11-8-6-7-9(2)3/h1,9-11H,6-8H2,2-4H3. The number of nitrogens with one attached hydrogen (secondary N) is 1. The van der Waals surface area contributed by atoms with E-state index in [2.05, 4.69) is 25.1 Å². The monoisotopic (exact) mass is 153 g/mol. The van der Waals surface area contributed by atoms with Gasteiger partial charge in [0.1, 0.15) is 0 Å². The van der Waals surface area contributed by atoms with Gasteiger partial charge in [0.2, 0.25) is 0 Å². The highest BCUT2D eigenvalue weighted by Crippen LogP contribution is 2.01. The molecule has 1 nitrogen and oxygen atoms in total. The van der Waals surface area contributed by atoms with Crippen molar-refractivity contribution in [2.75, 3.05) is 6.54 Å². The summed E-state index contributed by atoms with van der Waals surface area (Å²) in [6.45, 7) is 7.54. The minimum atomic E-state index is 0.224. The molecule has 1 N–H and O–H groups in total. The van der Waals surface area contributed by atoms with E-state index in [1.165, 1.54) is 12.8 Å². The summed E-state index contributed by atoms with van der Waals surface area (Å²) in [6, 6.07) is 0.224. The maximum absolute atomic E-state index is 5.20. The Kier molecular flexibility index (Phi) is 5.97. The van der Waals surface area contributed by atoms with E-state index in [-0.39, 0.29) is 6.04 Å². The molecule has 0 amide bonds. The van der Waals surface area contributed by atoms with Gasteiger partial charge in [-0.05, 0) is 32.2 Å². The van der Waals surface area contributed by atoms with E-state index >= 15 is 0 Å². The minimum Gasteiger partial charge on any atom is -0.304 e. The molecule has 0 spiro atoms. The lowest BCUT2D eigenvalue weighted by Gasteiger charge is -2.08. The van der Waals surface area contributed by atoms with Crippen LogP contribution in [0.5, 0.6) is 0 Å². The third-order valence-electron chi connectivity index (χ3n) is 1.66. The molecule has 0 aromatic carbocycles. The Balaban J connectivity index is 3.10. The van der Waals surface area contributed by atoms with Crippen LogP contribution in [0.25, 0.3) is 0 Å². The van der Waals surface area contributed by atoms with Crippen LogP contribution in [0, 0.1) is 18.3 Å². The minimum absolute atomic E-state index is 0.224. The van der Waals surface area contributed by atoms with Crippen molar-refractivity contribution in [3.8, 4) is 12.3 Å². The Morgan fingerprint density at radius 1 is 1.36 bits per heavy atom. The summed E-state index contributed by atoms with van der Waals surface area (Å²) in [6.07, 6.45) is 7.71. The average molecular weight is 153 g/mol. The second-order valence-electron chi connectivity index (χ2n) is 3.38. The number of hydrogen-bond acceptors (Lipinski definition) is 1. The highest BCUT2D eigenvalue weighted by Gasteiger charge is 1.95. The zero-order chi connectivity index (χ0) is 8.69. The van der Waals surface area contributed by atoms with E-state index < -0.39 is 0 Å². The fourth-order valence-electron chi connectivity index (χ4n) is 0.888. The smallest absolute Gasteiger partial charge is 0.0658 e. The van der Waals surface area contributed by atoms with Gasteiger partial charge in [0.05, 0.1) is 6.04 Å². The van der Waals surface area contributed by atoms with Crippen molar-refractivity contribution < 1.29 is 0 Å². The highest BCUT2D eigenvalue weighted by molar-refractivity contribution is 4.95. The summed E-state index contributed by atoms with van der Waals surface area (Å²) in [5, 5.41) is 3.25. The molecule has 0 aromatic rings. The Hall–Kier alpha value is -0.480. The lowest BCUT2D eigenvalue weighted by Crippen LogP contribution is -2.25. The summed E-state index contributed by atoms with van der Waals surface area (Å²) in [4.78, 5) is 0. The van der Waals surface area contributed by atoms with E-state index in [1.54, 1.807) is 0 Å². The van der Waals surface area contributed by atoms with Gasteiger partial charge in [0, 0.05) is 0 Å². The molecule has 1 atom stereocenters. The molecule has 0 aliphatic carbocycles. The van der Waals surface area contributed by atoms with E-state index in [9.17, 15) is 0 Å². The zero-order valence-corrected chi connectivity index (χ0v) is 7.85. The lowest BCUT2D eigenvalue weighted by atomic mass is 10.1. The Bertz CT molecular complexity index is 121. The van der Waals surface area contributed by atoms with Crippen molar-refractivity contribution >= 4 is 0 Å². The van der Waals surface area contributed by atoms with Crippen molar-refractivity contribution in [1.29, 1.82) is 0 Å². The van der Waals surface area contributed by atoms with Gasteiger partial charge in [-0.25, -0.2) is 0 Å². The molecule has 0 aliphatic heterocycles. The molecule has 0 saturated heterocycles. The van der Waals surface area contributed by atoms with Crippen LogP contribution in [-0.2, 0) is 0 Å². The molecule has 64 valence electrons. The van der Waals surface area contributed by atoms with Gasteiger partial charge in [-0.2, -0.15) is 0 Å². The van der Waals surface area contributed by atoms with Crippen LogP contribution in [-0.4, -0.2) is 12.6 Å². The van der Waals surface area contributed by atoms with Crippen molar-refractivity contribution in [2.24, 2.45) is 5.92 Å². The zero-order valence-electron chi connectivity index (χ0n) is 7.85. The van der Waals surface area contributed by atoms with Crippen LogP contribution in [0.2, 0.25) is 0 Å². The first-order valence-electron chi connectivity index (χ1n) is 4.36. The van der Waals surface area contributed by atoms with Crippen molar-refractivity contribution in [1.82, 2.24) is 5.32 Å². The predicted octanol–water partition coefficient (Wildman–Crippen LogP) is 2.03. The summed E-state index contributed by atoms with van der Waals surface area (Å²) >= 11 is 0. The van der Waals surface area contributed by atoms with E-state index in [1.807, 2.05) is 6.92 Å². The van der Waals surface area contributed by atoms with E-state index in [0.29, 0.717) is 0 Å². The molecule has 1 unspecified atom stereocenters. The molecule has 0 aromatic heterocycles. The molecular formula is C10H19N. The fourth-order valence-corrected chi connectivity index (χ4v) is 0.888. The van der Waals surface area contributed by atoms with Gasteiger partial charge in [-0.3, -0.25) is 0 Å². The molecule has 0 fully saturated rings. The quantitative estimate of drug-likeness (QED) is 0.471. The molecule has 0 aliphatic rings. The van der Waals surface area contributed by atoms with Gasteiger partial charge in [0.15, 0.2) is 0 Å². The molecule has 0 heterocycles. The average Bonchev–Trinajstić information content (AvgIpc) is 1.97. The molecular weight excluding hydrogens is 134 g/mol. The normalized spacial score (nSPS) is 13.0. The summed E-state index contributed by atoms with van der Waals surface area (Å²) in [5.41, 5.74) is 0. The third-order valence-corrected chi connectivity index (χ3v) is 1.66. The molecule has 1 heteroatoms. The summed E-state index contributed by atoms with van der Waals surface area (Å²) in [5.74, 6) is 3.45. The van der Waals surface area contributed by atoms with Crippen LogP contribution in [0.3, 0.4) is 0 Å². The van der Waals surface area contributed by atoms with Gasteiger partial charge in [-0.15, -0.1) is 6.42 Å². The number of hydrogen-bond donors (Lipinski definition) is 1. The summed E-state index contributed by atoms with van der Waals surface area (Å²) < 4.78 is 0. The molecule has 0 rings (SSSR count). The van der Waals surface area contributed by atoms with Crippen LogP contribution in [0.1, 0.15) is 33.6 Å². The maximum atomic E-state index is 5.20. The Morgan fingerprint density at radius 3 is 2.45 bits per heavy atom. The molecule has 11 heavy (non-hydrogen) atoms.